The molecule has 0 fully saturated rings. The van der Waals surface area contributed by atoms with Crippen LogP contribution in [0.2, 0.25) is 0 Å². The van der Waals surface area contributed by atoms with E-state index in [1.54, 1.807) is 6.07 Å². The van der Waals surface area contributed by atoms with Crippen LogP contribution in [0.3, 0.4) is 0 Å². The molecule has 0 aliphatic heterocycles. The summed E-state index contributed by atoms with van der Waals surface area (Å²) < 4.78 is 109. The second-order valence-electron chi connectivity index (χ2n) is 9.02. The average Bonchev–Trinajstić information content (AvgIpc) is 3.36. The van der Waals surface area contributed by atoms with Gasteiger partial charge in [0, 0.05) is 5.56 Å². The fourth-order valence-corrected chi connectivity index (χ4v) is 5.45. The van der Waals surface area contributed by atoms with Gasteiger partial charge in [-0.25, -0.2) is 13.1 Å². The molecule has 3 aromatic carbocycles. The summed E-state index contributed by atoms with van der Waals surface area (Å²) in [7, 11) is -4.38. The number of hydrogen-bond donors (Lipinski definition) is 1. The van der Waals surface area contributed by atoms with Crippen molar-refractivity contribution in [2.45, 2.75) is 43.2 Å². The van der Waals surface area contributed by atoms with Gasteiger partial charge in [-0.05, 0) is 55.3 Å². The van der Waals surface area contributed by atoms with Crippen LogP contribution in [0.1, 0.15) is 22.4 Å². The minimum absolute atomic E-state index is 0.145. The molecule has 40 heavy (non-hydrogen) atoms. The monoisotopic (exact) mass is 584 g/mol. The van der Waals surface area contributed by atoms with Gasteiger partial charge in [-0.3, -0.25) is 4.31 Å². The molecule has 0 radical (unpaired) electrons. The first-order valence-corrected chi connectivity index (χ1v) is 13.0. The third kappa shape index (κ3) is 5.28. The molecule has 0 amide bonds. The fourth-order valence-electron chi connectivity index (χ4n) is 3.99. The van der Waals surface area contributed by atoms with E-state index in [0.717, 1.165) is 27.6 Å². The summed E-state index contributed by atoms with van der Waals surface area (Å²) in [6, 6.07) is 14.9. The summed E-state index contributed by atoms with van der Waals surface area (Å²) >= 11 is 0. The molecule has 0 spiro atoms. The van der Waals surface area contributed by atoms with E-state index in [2.05, 4.69) is 10.3 Å². The van der Waals surface area contributed by atoms with E-state index in [-0.39, 0.29) is 16.3 Å². The van der Waals surface area contributed by atoms with Gasteiger partial charge in [0.05, 0.1) is 29.0 Å². The first-order valence-electron chi connectivity index (χ1n) is 11.6. The number of hydrogen-bond acceptors (Lipinski definition) is 5. The molecule has 1 aromatic heterocycles. The van der Waals surface area contributed by atoms with Gasteiger partial charge in [0.15, 0.2) is 0 Å². The van der Waals surface area contributed by atoms with E-state index in [1.807, 2.05) is 32.0 Å². The molecule has 0 aliphatic carbocycles. The molecule has 4 rings (SSSR count). The number of aromatic nitrogens is 3. The summed E-state index contributed by atoms with van der Waals surface area (Å²) in [4.78, 5) is -0.178. The van der Waals surface area contributed by atoms with Crippen LogP contribution in [-0.2, 0) is 22.2 Å². The smallest absolute Gasteiger partial charge is 0.369 e. The van der Waals surface area contributed by atoms with Crippen LogP contribution in [0.4, 0.5) is 32.0 Å². The number of nitrogens with zero attached hydrogens (tertiary/aromatic N) is 4. The van der Waals surface area contributed by atoms with Gasteiger partial charge in [-0.1, -0.05) is 47.7 Å². The molecule has 0 unspecified atom stereocenters. The molecule has 1 N–H and O–H groups in total. The second kappa shape index (κ2) is 10.2. The SMILES string of the molecule is Cc1ccc(C)c(-n2cc(CN(c3ccc(C(O)(C(F)(F)F)C(F)(F)F)cc3)S(=O)(=O)c3ccccc3)nn2)c1. The number of aliphatic hydroxyl groups is 1. The first-order chi connectivity index (χ1) is 18.6. The van der Waals surface area contributed by atoms with Crippen LogP contribution in [0.15, 0.2) is 83.9 Å². The van der Waals surface area contributed by atoms with Crippen molar-refractivity contribution in [3.63, 3.8) is 0 Å². The van der Waals surface area contributed by atoms with Crippen LogP contribution in [0.5, 0.6) is 0 Å². The zero-order valence-corrected chi connectivity index (χ0v) is 21.8. The van der Waals surface area contributed by atoms with Crippen LogP contribution >= 0.6 is 0 Å². The first kappa shape index (κ1) is 29.1. The molecule has 14 heteroatoms. The Morgan fingerprint density at radius 3 is 2.05 bits per heavy atom. The van der Waals surface area contributed by atoms with Gasteiger partial charge in [-0.15, -0.1) is 5.10 Å². The topological polar surface area (TPSA) is 88.3 Å². The molecule has 0 saturated heterocycles. The minimum Gasteiger partial charge on any atom is -0.369 e. The summed E-state index contributed by atoms with van der Waals surface area (Å²) in [5, 5.41) is 17.8. The van der Waals surface area contributed by atoms with Crippen molar-refractivity contribution >= 4 is 15.7 Å². The Labute approximate surface area is 225 Å². The average molecular weight is 585 g/mol. The van der Waals surface area contributed by atoms with E-state index in [4.69, 9.17) is 0 Å². The Hall–Kier alpha value is -3.91. The standard InChI is InChI=1S/C26H22F6N4O3S/c1-17-8-9-18(2)23(14-17)35-15-20(33-34-35)16-36(40(38,39)22-6-4-3-5-7-22)21-12-10-19(11-13-21)24(37,25(27,28)29)26(30,31)32/h3-15,37H,16H2,1-2H3. The maximum Gasteiger partial charge on any atom is 0.430 e. The molecule has 0 bridgehead atoms. The summed E-state index contributed by atoms with van der Waals surface area (Å²) in [6.45, 7) is 3.26. The molecule has 0 atom stereocenters. The highest BCUT2D eigenvalue weighted by atomic mass is 32.2. The number of benzene rings is 3. The predicted octanol–water partition coefficient (Wildman–Crippen LogP) is 5.59. The van der Waals surface area contributed by atoms with E-state index in [0.29, 0.717) is 17.8 Å². The number of aryl methyl sites for hydroxylation is 2. The number of rotatable bonds is 7. The molecule has 7 nitrogen and oxygen atoms in total. The number of halogens is 6. The molecule has 0 aliphatic rings. The lowest BCUT2D eigenvalue weighted by Gasteiger charge is -2.33. The largest absolute Gasteiger partial charge is 0.430 e. The zero-order valence-electron chi connectivity index (χ0n) is 20.9. The van der Waals surface area contributed by atoms with E-state index in [1.165, 1.54) is 35.1 Å². The lowest BCUT2D eigenvalue weighted by atomic mass is 9.92. The van der Waals surface area contributed by atoms with E-state index >= 15 is 0 Å². The van der Waals surface area contributed by atoms with E-state index in [9.17, 15) is 39.9 Å². The maximum absolute atomic E-state index is 13.6. The van der Waals surface area contributed by atoms with Gasteiger partial charge >= 0.3 is 12.4 Å². The minimum atomic E-state index is -6.09. The van der Waals surface area contributed by atoms with Crippen molar-refractivity contribution in [1.29, 1.82) is 0 Å². The van der Waals surface area contributed by atoms with Crippen LogP contribution in [0, 0.1) is 13.8 Å². The maximum atomic E-state index is 13.6. The quantitative estimate of drug-likeness (QED) is 0.286. The lowest BCUT2D eigenvalue weighted by molar-refractivity contribution is -0.376. The molecule has 1 heterocycles. The van der Waals surface area contributed by atoms with Gasteiger partial charge in [0.2, 0.25) is 0 Å². The van der Waals surface area contributed by atoms with Crippen molar-refractivity contribution in [2.24, 2.45) is 0 Å². The van der Waals surface area contributed by atoms with Crippen molar-refractivity contribution in [3.05, 3.63) is 101 Å². The Bertz CT molecular complexity index is 1590. The van der Waals surface area contributed by atoms with Crippen LogP contribution < -0.4 is 4.31 Å². The fraction of sp³-hybridized carbons (Fsp3) is 0.231. The summed E-state index contributed by atoms with van der Waals surface area (Å²) in [5.74, 6) is 0. The highest BCUT2D eigenvalue weighted by molar-refractivity contribution is 7.92. The normalized spacial score (nSPS) is 12.9. The summed E-state index contributed by atoms with van der Waals surface area (Å²) in [5.41, 5.74) is -4.33. The van der Waals surface area contributed by atoms with Gasteiger partial charge in [0.25, 0.3) is 15.6 Å². The van der Waals surface area contributed by atoms with Crippen molar-refractivity contribution in [2.75, 3.05) is 4.31 Å². The lowest BCUT2D eigenvalue weighted by Crippen LogP contribution is -2.53. The summed E-state index contributed by atoms with van der Waals surface area (Å²) in [6.07, 6.45) is -10.7. The van der Waals surface area contributed by atoms with Crippen molar-refractivity contribution in [1.82, 2.24) is 15.0 Å². The molecular formula is C26H22F6N4O3S. The van der Waals surface area contributed by atoms with Gasteiger partial charge < -0.3 is 5.11 Å². The molecule has 212 valence electrons. The third-order valence-corrected chi connectivity index (χ3v) is 7.97. The molecule has 0 saturated carbocycles. The number of alkyl halides is 6. The van der Waals surface area contributed by atoms with E-state index < -0.39 is 40.1 Å². The molecule has 4 aromatic rings. The Morgan fingerprint density at radius 2 is 1.48 bits per heavy atom. The highest BCUT2D eigenvalue weighted by Crippen LogP contribution is 2.50. The zero-order chi connectivity index (χ0) is 29.5. The Balaban J connectivity index is 1.78. The third-order valence-electron chi connectivity index (χ3n) is 6.18. The number of anilines is 1. The second-order valence-corrected chi connectivity index (χ2v) is 10.9. The highest BCUT2D eigenvalue weighted by Gasteiger charge is 2.71. The van der Waals surface area contributed by atoms with Crippen LogP contribution in [-0.4, -0.2) is 40.9 Å². The van der Waals surface area contributed by atoms with Crippen molar-refractivity contribution in [3.8, 4) is 5.69 Å². The number of sulfonamides is 1. The Kier molecular flexibility index (Phi) is 7.45. The predicted molar refractivity (Wildman–Crippen MR) is 133 cm³/mol. The van der Waals surface area contributed by atoms with Crippen molar-refractivity contribution < 1.29 is 39.9 Å². The Morgan fingerprint density at radius 1 is 0.875 bits per heavy atom. The van der Waals surface area contributed by atoms with Crippen LogP contribution in [0.25, 0.3) is 5.69 Å². The van der Waals surface area contributed by atoms with Gasteiger partial charge in [-0.2, -0.15) is 26.3 Å². The van der Waals surface area contributed by atoms with Gasteiger partial charge in [0.1, 0.15) is 5.69 Å². The molecular weight excluding hydrogens is 562 g/mol.